The number of carboxylic acid groups (broad SMARTS) is 1. The summed E-state index contributed by atoms with van der Waals surface area (Å²) in [5, 5.41) is 8.39. The lowest BCUT2D eigenvalue weighted by Gasteiger charge is -1.97. The minimum Gasteiger partial charge on any atom is -0.481 e. The normalized spacial score (nSPS) is 9.10. The van der Waals surface area contributed by atoms with Crippen LogP contribution in [-0.4, -0.2) is 29.4 Å². The van der Waals surface area contributed by atoms with Crippen molar-refractivity contribution in [3.05, 3.63) is 35.9 Å². The largest absolute Gasteiger partial charge is 0.481 e. The van der Waals surface area contributed by atoms with Gasteiger partial charge in [0.25, 0.3) is 0 Å². The third-order valence-corrected chi connectivity index (χ3v) is 2.26. The van der Waals surface area contributed by atoms with Gasteiger partial charge in [0.1, 0.15) is 0 Å². The highest BCUT2D eigenvalue weighted by Crippen LogP contribution is 2.03. The molecule has 0 fully saturated rings. The Morgan fingerprint density at radius 2 is 1.75 bits per heavy atom. The summed E-state index contributed by atoms with van der Waals surface area (Å²) in [6.45, 7) is 3.09. The molecule has 0 aliphatic rings. The van der Waals surface area contributed by atoms with E-state index in [0.29, 0.717) is 0 Å². The maximum Gasteiger partial charge on any atom is 0.374 e. The molecule has 0 amide bonds. The number of hydrogen-bond acceptors (Lipinski definition) is 4. The molecule has 1 aromatic carbocycles. The maximum atomic E-state index is 10.2. The Kier molecular flexibility index (Phi) is 9.56. The van der Waals surface area contributed by atoms with Crippen molar-refractivity contribution in [2.45, 2.75) is 33.1 Å². The van der Waals surface area contributed by atoms with Crippen molar-refractivity contribution in [3.8, 4) is 0 Å². The molecule has 0 radical (unpaired) electrons. The van der Waals surface area contributed by atoms with Gasteiger partial charge in [0, 0.05) is 13.3 Å². The van der Waals surface area contributed by atoms with Crippen LogP contribution in [0.1, 0.15) is 32.3 Å². The first kappa shape index (κ1) is 17.8. The predicted octanol–water partition coefficient (Wildman–Crippen LogP) is 2.23. The summed E-state index contributed by atoms with van der Waals surface area (Å²) in [7, 11) is 0. The van der Waals surface area contributed by atoms with E-state index in [2.05, 4.69) is 4.74 Å². The van der Waals surface area contributed by atoms with Gasteiger partial charge in [-0.3, -0.25) is 9.59 Å². The van der Waals surface area contributed by atoms with Crippen molar-refractivity contribution in [1.29, 1.82) is 0 Å². The molecule has 0 saturated carbocycles. The lowest BCUT2D eigenvalue weighted by molar-refractivity contribution is -0.152. The summed E-state index contributed by atoms with van der Waals surface area (Å²) in [6, 6.07) is 9.93. The van der Waals surface area contributed by atoms with Crippen LogP contribution < -0.4 is 0 Å². The van der Waals surface area contributed by atoms with Crippen LogP contribution in [-0.2, 0) is 25.5 Å². The van der Waals surface area contributed by atoms with Crippen LogP contribution in [0.3, 0.4) is 0 Å². The molecule has 1 N–H and O–H groups in total. The highest BCUT2D eigenvalue weighted by atomic mass is 16.5. The van der Waals surface area contributed by atoms with Crippen molar-refractivity contribution < 1.29 is 24.2 Å². The van der Waals surface area contributed by atoms with Crippen LogP contribution in [0.15, 0.2) is 30.3 Å². The number of ketones is 1. The molecule has 0 saturated heterocycles. The van der Waals surface area contributed by atoms with Crippen molar-refractivity contribution in [1.82, 2.24) is 0 Å². The Morgan fingerprint density at radius 1 is 1.15 bits per heavy atom. The molecular weight excluding hydrogens is 260 g/mol. The average molecular weight is 280 g/mol. The molecular formula is C15H20O5. The predicted molar refractivity (Wildman–Crippen MR) is 74.3 cm³/mol. The third kappa shape index (κ3) is 9.82. The van der Waals surface area contributed by atoms with E-state index in [1.54, 1.807) is 6.92 Å². The van der Waals surface area contributed by atoms with Gasteiger partial charge in [-0.1, -0.05) is 30.3 Å². The molecule has 0 spiro atoms. The Bertz CT molecular complexity index is 425. The molecule has 20 heavy (non-hydrogen) atoms. The van der Waals surface area contributed by atoms with Crippen molar-refractivity contribution in [3.63, 3.8) is 0 Å². The Hall–Kier alpha value is -2.17. The van der Waals surface area contributed by atoms with E-state index in [9.17, 15) is 14.4 Å². The summed E-state index contributed by atoms with van der Waals surface area (Å²) in [5.74, 6) is -2.02. The topological polar surface area (TPSA) is 80.7 Å². The number of esters is 1. The van der Waals surface area contributed by atoms with E-state index in [1.165, 1.54) is 12.5 Å². The zero-order valence-electron chi connectivity index (χ0n) is 11.8. The Labute approximate surface area is 118 Å². The van der Waals surface area contributed by atoms with Gasteiger partial charge < -0.3 is 9.84 Å². The van der Waals surface area contributed by atoms with E-state index >= 15 is 0 Å². The quantitative estimate of drug-likeness (QED) is 0.638. The van der Waals surface area contributed by atoms with E-state index in [-0.39, 0.29) is 13.0 Å². The molecule has 0 aliphatic heterocycles. The van der Waals surface area contributed by atoms with E-state index < -0.39 is 17.7 Å². The number of carboxylic acids is 1. The van der Waals surface area contributed by atoms with Crippen LogP contribution in [0, 0.1) is 0 Å². The lowest BCUT2D eigenvalue weighted by Crippen LogP contribution is -2.12. The van der Waals surface area contributed by atoms with Gasteiger partial charge in [0.15, 0.2) is 0 Å². The second-order valence-electron chi connectivity index (χ2n) is 4.01. The molecule has 5 nitrogen and oxygen atoms in total. The van der Waals surface area contributed by atoms with Gasteiger partial charge in [0.2, 0.25) is 5.78 Å². The number of hydrogen-bond donors (Lipinski definition) is 1. The summed E-state index contributed by atoms with van der Waals surface area (Å²) in [5.41, 5.74) is 1.21. The Morgan fingerprint density at radius 3 is 2.15 bits per heavy atom. The SMILES string of the molecule is CCOC(=O)C(C)=O.O=C(O)CCCc1ccccc1. The number of carbonyl (C=O) groups excluding carboxylic acids is 2. The van der Waals surface area contributed by atoms with Crippen LogP contribution in [0.5, 0.6) is 0 Å². The highest BCUT2D eigenvalue weighted by molar-refractivity contribution is 6.32. The van der Waals surface area contributed by atoms with Crippen molar-refractivity contribution in [2.75, 3.05) is 6.61 Å². The van der Waals surface area contributed by atoms with Crippen molar-refractivity contribution >= 4 is 17.7 Å². The van der Waals surface area contributed by atoms with E-state index in [4.69, 9.17) is 5.11 Å². The van der Waals surface area contributed by atoms with E-state index in [0.717, 1.165) is 12.8 Å². The lowest BCUT2D eigenvalue weighted by atomic mass is 10.1. The zero-order valence-corrected chi connectivity index (χ0v) is 11.8. The van der Waals surface area contributed by atoms with Gasteiger partial charge >= 0.3 is 11.9 Å². The fraction of sp³-hybridized carbons (Fsp3) is 0.400. The third-order valence-electron chi connectivity index (χ3n) is 2.26. The molecule has 5 heteroatoms. The smallest absolute Gasteiger partial charge is 0.374 e. The molecule has 0 atom stereocenters. The van der Waals surface area contributed by atoms with Gasteiger partial charge in [-0.15, -0.1) is 0 Å². The fourth-order valence-electron chi connectivity index (χ4n) is 1.32. The van der Waals surface area contributed by atoms with Crippen LogP contribution in [0.2, 0.25) is 0 Å². The summed E-state index contributed by atoms with van der Waals surface area (Å²) < 4.78 is 4.31. The standard InChI is InChI=1S/C10H12O2.C5H8O3/c11-10(12)8-4-7-9-5-2-1-3-6-9;1-3-8-5(7)4(2)6/h1-3,5-6H,4,7-8H2,(H,11,12);3H2,1-2H3. The summed E-state index contributed by atoms with van der Waals surface area (Å²) >= 11 is 0. The number of benzene rings is 1. The molecule has 0 aromatic heterocycles. The van der Waals surface area contributed by atoms with Crippen LogP contribution in [0.4, 0.5) is 0 Å². The van der Waals surface area contributed by atoms with Gasteiger partial charge in [-0.25, -0.2) is 4.79 Å². The molecule has 0 aliphatic carbocycles. The molecule has 1 aromatic rings. The molecule has 0 bridgehead atoms. The zero-order chi connectivity index (χ0) is 15.4. The van der Waals surface area contributed by atoms with E-state index in [1.807, 2.05) is 30.3 Å². The number of Topliss-reactive ketones (excluding diaryl/α,β-unsaturated/α-hetero) is 1. The molecule has 1 rings (SSSR count). The molecule has 110 valence electrons. The number of aliphatic carboxylic acids is 1. The average Bonchev–Trinajstić information content (AvgIpc) is 2.40. The first-order chi connectivity index (χ1) is 9.47. The Balaban J connectivity index is 0.000000396. The summed E-state index contributed by atoms with van der Waals surface area (Å²) in [4.78, 5) is 30.4. The second-order valence-corrected chi connectivity index (χ2v) is 4.01. The monoisotopic (exact) mass is 280 g/mol. The van der Waals surface area contributed by atoms with Crippen molar-refractivity contribution in [2.24, 2.45) is 0 Å². The van der Waals surface area contributed by atoms with Gasteiger partial charge in [0.05, 0.1) is 6.61 Å². The second kappa shape index (κ2) is 10.7. The highest BCUT2D eigenvalue weighted by Gasteiger charge is 2.05. The number of rotatable bonds is 6. The first-order valence-corrected chi connectivity index (χ1v) is 6.40. The van der Waals surface area contributed by atoms with Crippen LogP contribution >= 0.6 is 0 Å². The minimum atomic E-state index is -0.757. The number of ether oxygens (including phenoxy) is 1. The number of carbonyl (C=O) groups is 3. The maximum absolute atomic E-state index is 10.2. The molecule has 0 unspecified atom stereocenters. The van der Waals surface area contributed by atoms with Gasteiger partial charge in [-0.2, -0.15) is 0 Å². The van der Waals surface area contributed by atoms with Crippen LogP contribution in [0.25, 0.3) is 0 Å². The first-order valence-electron chi connectivity index (χ1n) is 6.40. The number of aryl methyl sites for hydroxylation is 1. The fourth-order valence-corrected chi connectivity index (χ4v) is 1.32. The molecule has 0 heterocycles. The minimum absolute atomic E-state index is 0.259. The van der Waals surface area contributed by atoms with Gasteiger partial charge in [-0.05, 0) is 25.3 Å². The summed E-state index contributed by atoms with van der Waals surface area (Å²) in [6.07, 6.45) is 1.83.